The van der Waals surface area contributed by atoms with E-state index in [4.69, 9.17) is 0 Å². The first-order valence-electron chi connectivity index (χ1n) is 9.60. The molecule has 0 aliphatic rings. The lowest BCUT2D eigenvalue weighted by atomic mass is 10.1. The van der Waals surface area contributed by atoms with Crippen molar-refractivity contribution in [1.29, 1.82) is 0 Å². The van der Waals surface area contributed by atoms with Crippen molar-refractivity contribution >= 4 is 29.2 Å². The summed E-state index contributed by atoms with van der Waals surface area (Å²) in [5, 5.41) is 6.31. The summed E-state index contributed by atoms with van der Waals surface area (Å²) in [6, 6.07) is 21.0. The molecule has 5 nitrogen and oxygen atoms in total. The predicted octanol–water partition coefficient (Wildman–Crippen LogP) is 6.46. The zero-order valence-electron chi connectivity index (χ0n) is 16.6. The maximum absolute atomic E-state index is 12.8. The van der Waals surface area contributed by atoms with Gasteiger partial charge in [0, 0.05) is 34.3 Å². The van der Waals surface area contributed by atoms with Gasteiger partial charge in [0.2, 0.25) is 0 Å². The molecule has 8 heteroatoms. The monoisotopic (exact) mass is 434 g/mol. The molecule has 32 heavy (non-hydrogen) atoms. The first-order valence-corrected chi connectivity index (χ1v) is 9.60. The molecule has 0 unspecified atom stereocenters. The molecule has 0 atom stereocenters. The summed E-state index contributed by atoms with van der Waals surface area (Å²) in [6.07, 6.45) is -2.22. The Morgan fingerprint density at radius 1 is 0.781 bits per heavy atom. The van der Waals surface area contributed by atoms with Crippen molar-refractivity contribution < 1.29 is 18.0 Å². The molecule has 0 aliphatic heterocycles. The number of alkyl halides is 3. The summed E-state index contributed by atoms with van der Waals surface area (Å²) in [5.74, 6) is 0.444. The Kier molecular flexibility index (Phi) is 5.85. The van der Waals surface area contributed by atoms with Crippen LogP contribution in [-0.4, -0.2) is 16.3 Å². The van der Waals surface area contributed by atoms with Gasteiger partial charge in [-0.1, -0.05) is 18.2 Å². The fourth-order valence-electron chi connectivity index (χ4n) is 3.08. The molecule has 0 amide bonds. The molecular weight excluding hydrogens is 417 g/mol. The lowest BCUT2D eigenvalue weighted by Gasteiger charge is -2.13. The van der Waals surface area contributed by atoms with Crippen molar-refractivity contribution in [2.75, 3.05) is 10.6 Å². The number of aromatic nitrogens is 2. The van der Waals surface area contributed by atoms with Gasteiger partial charge >= 0.3 is 6.18 Å². The van der Waals surface area contributed by atoms with Gasteiger partial charge in [-0.15, -0.1) is 0 Å². The fourth-order valence-corrected chi connectivity index (χ4v) is 3.08. The Morgan fingerprint density at radius 3 is 2.12 bits per heavy atom. The first-order chi connectivity index (χ1) is 15.4. The molecule has 0 radical (unpaired) electrons. The van der Waals surface area contributed by atoms with Gasteiger partial charge in [0.1, 0.15) is 18.4 Å². The second kappa shape index (κ2) is 8.89. The van der Waals surface area contributed by atoms with E-state index in [1.54, 1.807) is 30.3 Å². The van der Waals surface area contributed by atoms with Crippen LogP contribution in [0.15, 0.2) is 85.2 Å². The molecule has 0 saturated heterocycles. The third-order valence-corrected chi connectivity index (χ3v) is 4.68. The van der Waals surface area contributed by atoms with E-state index >= 15 is 0 Å². The number of anilines is 4. The van der Waals surface area contributed by atoms with Crippen molar-refractivity contribution in [2.45, 2.75) is 6.18 Å². The number of aldehydes is 1. The number of nitrogens with zero attached hydrogens (tertiary/aromatic N) is 2. The lowest BCUT2D eigenvalue weighted by molar-refractivity contribution is -0.137. The smallest absolute Gasteiger partial charge is 0.355 e. The van der Waals surface area contributed by atoms with Crippen LogP contribution < -0.4 is 10.6 Å². The van der Waals surface area contributed by atoms with E-state index in [2.05, 4.69) is 20.6 Å². The van der Waals surface area contributed by atoms with Crippen LogP contribution in [0.25, 0.3) is 11.3 Å². The van der Waals surface area contributed by atoms with E-state index in [-0.39, 0.29) is 0 Å². The molecule has 4 rings (SSSR count). The maximum atomic E-state index is 12.8. The van der Waals surface area contributed by atoms with Gasteiger partial charge in [0.25, 0.3) is 0 Å². The fraction of sp³-hybridized carbons (Fsp3) is 0.0417. The SMILES string of the molecule is O=Cc1ccc(Nc2ccccc2-c2cc(Nc3ccc(C(F)(F)F)cc3)ncn2)cc1. The third kappa shape index (κ3) is 4.92. The van der Waals surface area contributed by atoms with Crippen molar-refractivity contribution in [3.8, 4) is 11.3 Å². The largest absolute Gasteiger partial charge is 0.416 e. The highest BCUT2D eigenvalue weighted by Crippen LogP contribution is 2.32. The molecule has 3 aromatic carbocycles. The van der Waals surface area contributed by atoms with E-state index in [0.29, 0.717) is 22.8 Å². The van der Waals surface area contributed by atoms with Crippen LogP contribution in [0.1, 0.15) is 15.9 Å². The topological polar surface area (TPSA) is 66.9 Å². The van der Waals surface area contributed by atoms with E-state index in [9.17, 15) is 18.0 Å². The average molecular weight is 434 g/mol. The number of carbonyl (C=O) groups excluding carboxylic acids is 1. The number of hydrogen-bond acceptors (Lipinski definition) is 5. The number of benzene rings is 3. The highest BCUT2D eigenvalue weighted by Gasteiger charge is 2.29. The Bertz CT molecular complexity index is 1220. The number of carbonyl (C=O) groups is 1. The number of nitrogens with one attached hydrogen (secondary N) is 2. The second-order valence-electron chi connectivity index (χ2n) is 6.90. The van der Waals surface area contributed by atoms with E-state index in [1.807, 2.05) is 24.3 Å². The normalized spacial score (nSPS) is 11.1. The molecule has 0 bridgehead atoms. The zero-order valence-corrected chi connectivity index (χ0v) is 16.6. The van der Waals surface area contributed by atoms with Crippen LogP contribution in [-0.2, 0) is 6.18 Å². The van der Waals surface area contributed by atoms with Gasteiger partial charge in [-0.05, 0) is 54.6 Å². The molecule has 1 heterocycles. The van der Waals surface area contributed by atoms with Crippen LogP contribution in [0.2, 0.25) is 0 Å². The molecule has 0 spiro atoms. The minimum atomic E-state index is -4.38. The van der Waals surface area contributed by atoms with Crippen LogP contribution in [0.5, 0.6) is 0 Å². The highest BCUT2D eigenvalue weighted by molar-refractivity contribution is 5.81. The van der Waals surface area contributed by atoms with E-state index in [0.717, 1.165) is 35.4 Å². The number of halogens is 3. The third-order valence-electron chi connectivity index (χ3n) is 4.68. The summed E-state index contributed by atoms with van der Waals surface area (Å²) in [6.45, 7) is 0. The Morgan fingerprint density at radius 2 is 1.44 bits per heavy atom. The van der Waals surface area contributed by atoms with Crippen LogP contribution in [0.4, 0.5) is 36.1 Å². The van der Waals surface area contributed by atoms with E-state index < -0.39 is 11.7 Å². The molecule has 4 aromatic rings. The van der Waals surface area contributed by atoms with Crippen molar-refractivity contribution in [1.82, 2.24) is 9.97 Å². The van der Waals surface area contributed by atoms with Crippen LogP contribution in [0, 0.1) is 0 Å². The summed E-state index contributed by atoms with van der Waals surface area (Å²) in [4.78, 5) is 19.4. The van der Waals surface area contributed by atoms with Crippen molar-refractivity contribution in [2.24, 2.45) is 0 Å². The van der Waals surface area contributed by atoms with Gasteiger partial charge in [-0.25, -0.2) is 9.97 Å². The number of para-hydroxylation sites is 1. The van der Waals surface area contributed by atoms with Gasteiger partial charge in [0.15, 0.2) is 0 Å². The quantitative estimate of drug-likeness (QED) is 0.341. The molecular formula is C24H17F3N4O. The standard InChI is InChI=1S/C24H17F3N4O/c25-24(26,27)17-7-11-19(12-8-17)31-23-13-22(28-15-29-23)20-3-1-2-4-21(20)30-18-9-5-16(14-32)6-10-18/h1-15,30H,(H,28,29,31). The minimum absolute atomic E-state index is 0.444. The minimum Gasteiger partial charge on any atom is -0.355 e. The Labute approximate surface area is 182 Å². The second-order valence-corrected chi connectivity index (χ2v) is 6.90. The number of rotatable bonds is 6. The highest BCUT2D eigenvalue weighted by atomic mass is 19.4. The first kappa shape index (κ1) is 21.0. The molecule has 1 aromatic heterocycles. The number of hydrogen-bond donors (Lipinski definition) is 2. The molecule has 0 saturated carbocycles. The van der Waals surface area contributed by atoms with Gasteiger partial charge in [-0.2, -0.15) is 13.2 Å². The van der Waals surface area contributed by atoms with Gasteiger partial charge in [-0.3, -0.25) is 4.79 Å². The van der Waals surface area contributed by atoms with Gasteiger partial charge < -0.3 is 10.6 Å². The van der Waals surface area contributed by atoms with Crippen LogP contribution in [0.3, 0.4) is 0 Å². The van der Waals surface area contributed by atoms with Crippen molar-refractivity contribution in [3.05, 3.63) is 96.3 Å². The maximum Gasteiger partial charge on any atom is 0.416 e. The lowest BCUT2D eigenvalue weighted by Crippen LogP contribution is -2.04. The summed E-state index contributed by atoms with van der Waals surface area (Å²) in [7, 11) is 0. The summed E-state index contributed by atoms with van der Waals surface area (Å²) >= 11 is 0. The predicted molar refractivity (Wildman–Crippen MR) is 117 cm³/mol. The molecule has 160 valence electrons. The zero-order chi connectivity index (χ0) is 22.6. The Balaban J connectivity index is 1.57. The van der Waals surface area contributed by atoms with E-state index in [1.165, 1.54) is 18.5 Å². The Hall–Kier alpha value is -4.20. The summed E-state index contributed by atoms with van der Waals surface area (Å²) in [5.41, 5.74) is 3.38. The van der Waals surface area contributed by atoms with Gasteiger partial charge in [0.05, 0.1) is 11.3 Å². The molecule has 2 N–H and O–H groups in total. The average Bonchev–Trinajstić information content (AvgIpc) is 2.80. The molecule has 0 aliphatic carbocycles. The van der Waals surface area contributed by atoms with Crippen LogP contribution >= 0.6 is 0 Å². The van der Waals surface area contributed by atoms with Crippen molar-refractivity contribution in [3.63, 3.8) is 0 Å². The summed E-state index contributed by atoms with van der Waals surface area (Å²) < 4.78 is 38.3. The molecule has 0 fully saturated rings.